The molecule has 0 fully saturated rings. The van der Waals surface area contributed by atoms with E-state index in [1.807, 2.05) is 20.8 Å². The first kappa shape index (κ1) is 16.3. The number of carbonyl (C=O) groups excluding carboxylic acids is 1. The van der Waals surface area contributed by atoms with Gasteiger partial charge in [0.15, 0.2) is 0 Å². The van der Waals surface area contributed by atoms with Gasteiger partial charge in [0, 0.05) is 12.6 Å². The van der Waals surface area contributed by atoms with Crippen LogP contribution in [0.25, 0.3) is 0 Å². The predicted molar refractivity (Wildman–Crippen MR) is 66.9 cm³/mol. The summed E-state index contributed by atoms with van der Waals surface area (Å²) in [7, 11) is 0. The van der Waals surface area contributed by atoms with Gasteiger partial charge >= 0.3 is 12.3 Å². The fraction of sp³-hybridized carbons (Fsp3) is 0.538. The van der Waals surface area contributed by atoms with Gasteiger partial charge in [-0.2, -0.15) is 13.2 Å². The Bertz CT molecular complexity index is 464. The molecule has 20 heavy (non-hydrogen) atoms. The summed E-state index contributed by atoms with van der Waals surface area (Å²) in [5, 5.41) is 0. The molecule has 0 aromatic carbocycles. The monoisotopic (exact) mass is 290 g/mol. The highest BCUT2D eigenvalue weighted by Gasteiger charge is 2.32. The number of hydrogen-bond acceptors (Lipinski definition) is 3. The summed E-state index contributed by atoms with van der Waals surface area (Å²) >= 11 is 0. The summed E-state index contributed by atoms with van der Waals surface area (Å²) in [6, 6.07) is 2.22. The van der Waals surface area contributed by atoms with Crippen molar-refractivity contribution in [1.82, 2.24) is 4.98 Å². The standard InChI is InChI=1S/C13H17F3N2O2/c1-12(2,3)10(20-11(17)19)6-8-4-5-9(18-7-8)13(14,15)16/h4-5,7,10H,6H2,1-3H3,(H2,17,19). The average Bonchev–Trinajstić information content (AvgIpc) is 2.25. The summed E-state index contributed by atoms with van der Waals surface area (Å²) in [6.45, 7) is 5.54. The van der Waals surface area contributed by atoms with Crippen molar-refractivity contribution in [3.8, 4) is 0 Å². The number of pyridine rings is 1. The molecular weight excluding hydrogens is 273 g/mol. The Morgan fingerprint density at radius 1 is 1.35 bits per heavy atom. The van der Waals surface area contributed by atoms with E-state index in [2.05, 4.69) is 4.98 Å². The highest BCUT2D eigenvalue weighted by Crippen LogP contribution is 2.29. The van der Waals surface area contributed by atoms with Gasteiger partial charge in [-0.3, -0.25) is 4.98 Å². The number of aromatic nitrogens is 1. The minimum atomic E-state index is -4.47. The molecule has 0 aliphatic carbocycles. The molecular formula is C13H17F3N2O2. The van der Waals surface area contributed by atoms with Gasteiger partial charge in [0.25, 0.3) is 0 Å². The summed E-state index contributed by atoms with van der Waals surface area (Å²) in [5.74, 6) is 0. The molecule has 4 nitrogen and oxygen atoms in total. The van der Waals surface area contributed by atoms with Crippen molar-refractivity contribution in [3.05, 3.63) is 29.6 Å². The highest BCUT2D eigenvalue weighted by molar-refractivity contribution is 5.64. The molecule has 1 aromatic rings. The smallest absolute Gasteiger partial charge is 0.433 e. The number of carbonyl (C=O) groups is 1. The van der Waals surface area contributed by atoms with E-state index in [0.717, 1.165) is 12.3 Å². The van der Waals surface area contributed by atoms with Crippen LogP contribution >= 0.6 is 0 Å². The van der Waals surface area contributed by atoms with Crippen LogP contribution < -0.4 is 5.73 Å². The Hall–Kier alpha value is -1.79. The van der Waals surface area contributed by atoms with Gasteiger partial charge in [0.05, 0.1) is 0 Å². The number of primary amides is 1. The minimum Gasteiger partial charge on any atom is -0.445 e. The maximum Gasteiger partial charge on any atom is 0.433 e. The third kappa shape index (κ3) is 4.71. The molecule has 1 amide bonds. The lowest BCUT2D eigenvalue weighted by atomic mass is 9.85. The Labute approximate surface area is 115 Å². The number of ether oxygens (including phenoxy) is 1. The van der Waals surface area contributed by atoms with Crippen LogP contribution in [0.2, 0.25) is 0 Å². The van der Waals surface area contributed by atoms with Gasteiger partial charge in [-0.1, -0.05) is 26.8 Å². The van der Waals surface area contributed by atoms with E-state index in [4.69, 9.17) is 10.5 Å². The molecule has 0 saturated carbocycles. The summed E-state index contributed by atoms with van der Waals surface area (Å²) in [5.41, 5.74) is 4.19. The Morgan fingerprint density at radius 2 is 1.95 bits per heavy atom. The number of halogens is 3. The largest absolute Gasteiger partial charge is 0.445 e. The second-order valence-corrected chi connectivity index (χ2v) is 5.55. The van der Waals surface area contributed by atoms with Crippen LogP contribution in [0.3, 0.4) is 0 Å². The normalized spacial score (nSPS) is 13.9. The molecule has 2 N–H and O–H groups in total. The quantitative estimate of drug-likeness (QED) is 0.930. The SMILES string of the molecule is CC(C)(C)C(Cc1ccc(C(F)(F)F)nc1)OC(N)=O. The van der Waals surface area contributed by atoms with E-state index in [0.29, 0.717) is 5.56 Å². The Kier molecular flexibility index (Phi) is 4.62. The molecule has 1 aromatic heterocycles. The number of nitrogens with zero attached hydrogens (tertiary/aromatic N) is 1. The van der Waals surface area contributed by atoms with Gasteiger partial charge in [0.2, 0.25) is 0 Å². The molecule has 0 aliphatic heterocycles. The fourth-order valence-corrected chi connectivity index (χ4v) is 1.59. The first-order chi connectivity index (χ1) is 9.00. The van der Waals surface area contributed by atoms with Crippen LogP contribution in [-0.2, 0) is 17.3 Å². The third-order valence-electron chi connectivity index (χ3n) is 2.76. The zero-order valence-electron chi connectivity index (χ0n) is 11.5. The number of nitrogens with two attached hydrogens (primary N) is 1. The zero-order chi connectivity index (χ0) is 15.6. The molecule has 0 aliphatic rings. The van der Waals surface area contributed by atoms with E-state index >= 15 is 0 Å². The van der Waals surface area contributed by atoms with E-state index in [1.54, 1.807) is 0 Å². The van der Waals surface area contributed by atoms with Crippen molar-refractivity contribution in [1.29, 1.82) is 0 Å². The molecule has 1 heterocycles. The second kappa shape index (κ2) is 5.68. The van der Waals surface area contributed by atoms with Crippen molar-refractivity contribution in [2.45, 2.75) is 39.5 Å². The first-order valence-corrected chi connectivity index (χ1v) is 5.98. The van der Waals surface area contributed by atoms with E-state index < -0.39 is 29.5 Å². The lowest BCUT2D eigenvalue weighted by Gasteiger charge is -2.29. The van der Waals surface area contributed by atoms with Crippen molar-refractivity contribution >= 4 is 6.09 Å². The maximum atomic E-state index is 12.4. The Balaban J connectivity index is 2.87. The second-order valence-electron chi connectivity index (χ2n) is 5.55. The van der Waals surface area contributed by atoms with E-state index in [9.17, 15) is 18.0 Å². The van der Waals surface area contributed by atoms with Crippen LogP contribution in [0.5, 0.6) is 0 Å². The molecule has 1 unspecified atom stereocenters. The molecule has 0 bridgehead atoms. The first-order valence-electron chi connectivity index (χ1n) is 5.98. The maximum absolute atomic E-state index is 12.4. The lowest BCUT2D eigenvalue weighted by Crippen LogP contribution is -2.35. The Morgan fingerprint density at radius 3 is 2.30 bits per heavy atom. The zero-order valence-corrected chi connectivity index (χ0v) is 11.5. The van der Waals surface area contributed by atoms with Crippen molar-refractivity contribution in [3.63, 3.8) is 0 Å². The van der Waals surface area contributed by atoms with Gasteiger partial charge < -0.3 is 10.5 Å². The molecule has 1 atom stereocenters. The molecule has 0 saturated heterocycles. The summed E-state index contributed by atoms with van der Waals surface area (Å²) < 4.78 is 42.2. The van der Waals surface area contributed by atoms with E-state index in [-0.39, 0.29) is 6.42 Å². The summed E-state index contributed by atoms with van der Waals surface area (Å²) in [6.07, 6.45) is -4.54. The van der Waals surface area contributed by atoms with Crippen LogP contribution in [-0.4, -0.2) is 17.2 Å². The van der Waals surface area contributed by atoms with Gasteiger partial charge in [0.1, 0.15) is 11.8 Å². The van der Waals surface area contributed by atoms with E-state index in [1.165, 1.54) is 6.07 Å². The topological polar surface area (TPSA) is 65.2 Å². The minimum absolute atomic E-state index is 0.248. The number of hydrogen-bond donors (Lipinski definition) is 1. The van der Waals surface area contributed by atoms with Crippen LogP contribution in [0.15, 0.2) is 18.3 Å². The fourth-order valence-electron chi connectivity index (χ4n) is 1.59. The molecule has 1 rings (SSSR count). The molecule has 0 radical (unpaired) electrons. The highest BCUT2D eigenvalue weighted by atomic mass is 19.4. The van der Waals surface area contributed by atoms with Crippen molar-refractivity contribution < 1.29 is 22.7 Å². The van der Waals surface area contributed by atoms with Gasteiger partial charge in [-0.25, -0.2) is 4.79 Å². The van der Waals surface area contributed by atoms with Gasteiger partial charge in [-0.05, 0) is 17.0 Å². The predicted octanol–water partition coefficient (Wildman–Crippen LogP) is 3.15. The number of amides is 1. The van der Waals surface area contributed by atoms with Crippen LogP contribution in [0.4, 0.5) is 18.0 Å². The average molecular weight is 290 g/mol. The van der Waals surface area contributed by atoms with Crippen LogP contribution in [0, 0.1) is 5.41 Å². The van der Waals surface area contributed by atoms with Crippen molar-refractivity contribution in [2.24, 2.45) is 11.1 Å². The molecule has 0 spiro atoms. The van der Waals surface area contributed by atoms with Crippen LogP contribution in [0.1, 0.15) is 32.0 Å². The van der Waals surface area contributed by atoms with Crippen molar-refractivity contribution in [2.75, 3.05) is 0 Å². The number of rotatable bonds is 3. The summed E-state index contributed by atoms with van der Waals surface area (Å²) in [4.78, 5) is 14.2. The lowest BCUT2D eigenvalue weighted by molar-refractivity contribution is -0.141. The molecule has 112 valence electrons. The van der Waals surface area contributed by atoms with Gasteiger partial charge in [-0.15, -0.1) is 0 Å². The molecule has 7 heteroatoms. The number of alkyl halides is 3. The third-order valence-corrected chi connectivity index (χ3v) is 2.76.